The minimum Gasteiger partial charge on any atom is -0.481 e. The number of carboxylic acid groups (broad SMARTS) is 1. The van der Waals surface area contributed by atoms with E-state index in [1.807, 2.05) is 24.3 Å². The molecule has 0 radical (unpaired) electrons. The molecule has 2 aromatic rings. The molecule has 3 N–H and O–H groups in total. The first-order valence-electron chi connectivity index (χ1n) is 10.9. The lowest BCUT2D eigenvalue weighted by molar-refractivity contribution is -0.137. The number of hydrogen-bond donors (Lipinski definition) is 3. The highest BCUT2D eigenvalue weighted by atomic mass is 79.9. The van der Waals surface area contributed by atoms with Crippen LogP contribution in [0.3, 0.4) is 0 Å². The highest BCUT2D eigenvalue weighted by molar-refractivity contribution is 9.10. The smallest absolute Gasteiger partial charge is 0.303 e. The van der Waals surface area contributed by atoms with Crippen LogP contribution in [0.5, 0.6) is 0 Å². The molecule has 0 fully saturated rings. The molecule has 3 rings (SSSR count). The van der Waals surface area contributed by atoms with Crippen LogP contribution < -0.4 is 10.6 Å². The second-order valence-electron chi connectivity index (χ2n) is 7.88. The molecular weight excluding hydrogens is 474 g/mol. The standard InChI is InChI=1S/C24H30BrN3O2S/c25-19-11-13-20(14-12-19)27-24(31)26-15-5-17-28(16-4-10-23(29)30)22-9-3-7-18-6-1-2-8-21(18)22/h1-2,6,8,11-14,22H,3-5,7,9-10,15-17H2,(H,29,30)(H2,26,27,31)/t22-/m0/s1. The lowest BCUT2D eigenvalue weighted by Crippen LogP contribution is -2.36. The normalized spacial score (nSPS) is 15.4. The van der Waals surface area contributed by atoms with Gasteiger partial charge < -0.3 is 15.7 Å². The first-order chi connectivity index (χ1) is 15.0. The number of fused-ring (bicyclic) bond motifs is 1. The summed E-state index contributed by atoms with van der Waals surface area (Å²) in [5.74, 6) is -0.727. The van der Waals surface area contributed by atoms with Crippen molar-refractivity contribution in [3.8, 4) is 0 Å². The number of rotatable bonds is 10. The van der Waals surface area contributed by atoms with Gasteiger partial charge in [-0.25, -0.2) is 0 Å². The minimum atomic E-state index is -0.727. The minimum absolute atomic E-state index is 0.213. The summed E-state index contributed by atoms with van der Waals surface area (Å²) in [4.78, 5) is 13.5. The molecule has 0 aliphatic heterocycles. The average Bonchev–Trinajstić information content (AvgIpc) is 2.76. The Bertz CT molecular complexity index is 875. The molecule has 31 heavy (non-hydrogen) atoms. The van der Waals surface area contributed by atoms with Gasteiger partial charge in [0.1, 0.15) is 0 Å². The van der Waals surface area contributed by atoms with E-state index in [0.717, 1.165) is 49.1 Å². The molecule has 0 aromatic heterocycles. The van der Waals surface area contributed by atoms with Crippen LogP contribution in [0.1, 0.15) is 49.3 Å². The van der Waals surface area contributed by atoms with E-state index in [1.165, 1.54) is 17.5 Å². The van der Waals surface area contributed by atoms with Crippen LogP contribution >= 0.6 is 28.1 Å². The molecule has 0 saturated carbocycles. The molecule has 0 amide bonds. The van der Waals surface area contributed by atoms with Gasteiger partial charge in [-0.15, -0.1) is 0 Å². The van der Waals surface area contributed by atoms with Crippen molar-refractivity contribution in [1.29, 1.82) is 0 Å². The van der Waals surface area contributed by atoms with Crippen molar-refractivity contribution in [2.24, 2.45) is 0 Å². The van der Waals surface area contributed by atoms with Crippen LogP contribution in [0.2, 0.25) is 0 Å². The van der Waals surface area contributed by atoms with E-state index in [4.69, 9.17) is 17.3 Å². The van der Waals surface area contributed by atoms with E-state index in [1.54, 1.807) is 0 Å². The SMILES string of the molecule is O=C(O)CCCN(CCCNC(=S)Nc1ccc(Br)cc1)[C@H]1CCCc2ccccc21. The molecule has 1 aliphatic carbocycles. The number of nitrogens with zero attached hydrogens (tertiary/aromatic N) is 1. The summed E-state index contributed by atoms with van der Waals surface area (Å²) in [7, 11) is 0. The van der Waals surface area contributed by atoms with Crippen molar-refractivity contribution < 1.29 is 9.90 Å². The summed E-state index contributed by atoms with van der Waals surface area (Å²) in [5, 5.41) is 16.2. The Balaban J connectivity index is 1.52. The second-order valence-corrected chi connectivity index (χ2v) is 9.21. The van der Waals surface area contributed by atoms with Crippen LogP contribution in [0.4, 0.5) is 5.69 Å². The van der Waals surface area contributed by atoms with Crippen molar-refractivity contribution >= 4 is 44.9 Å². The van der Waals surface area contributed by atoms with E-state index in [2.05, 4.69) is 55.7 Å². The molecule has 0 heterocycles. The highest BCUT2D eigenvalue weighted by Crippen LogP contribution is 2.34. The lowest BCUT2D eigenvalue weighted by atomic mass is 9.86. The first kappa shape index (κ1) is 23.7. The Morgan fingerprint density at radius 1 is 1.13 bits per heavy atom. The average molecular weight is 504 g/mol. The Labute approximate surface area is 198 Å². The number of thiocarbonyl (C=S) groups is 1. The first-order valence-corrected chi connectivity index (χ1v) is 12.1. The number of aryl methyl sites for hydroxylation is 1. The number of hydrogen-bond acceptors (Lipinski definition) is 3. The molecule has 0 bridgehead atoms. The van der Waals surface area contributed by atoms with Crippen LogP contribution in [0, 0.1) is 0 Å². The summed E-state index contributed by atoms with van der Waals surface area (Å²) in [6.07, 6.45) is 5.26. The van der Waals surface area contributed by atoms with Gasteiger partial charge in [-0.05, 0) is 86.3 Å². The molecule has 2 aromatic carbocycles. The quantitative estimate of drug-likeness (QED) is 0.299. The molecule has 1 aliphatic rings. The predicted molar refractivity (Wildman–Crippen MR) is 134 cm³/mol. The van der Waals surface area contributed by atoms with E-state index in [-0.39, 0.29) is 6.42 Å². The summed E-state index contributed by atoms with van der Waals surface area (Å²) in [5.41, 5.74) is 3.79. The van der Waals surface area contributed by atoms with Crippen LogP contribution in [-0.4, -0.2) is 40.7 Å². The molecule has 1 atom stereocenters. The van der Waals surface area contributed by atoms with Crippen molar-refractivity contribution in [1.82, 2.24) is 10.2 Å². The second kappa shape index (κ2) is 12.2. The third kappa shape index (κ3) is 7.59. The number of carbonyl (C=O) groups is 1. The summed E-state index contributed by atoms with van der Waals surface area (Å²) >= 11 is 8.84. The van der Waals surface area contributed by atoms with Gasteiger partial charge in [0.15, 0.2) is 5.11 Å². The number of aliphatic carboxylic acids is 1. The van der Waals surface area contributed by atoms with E-state index >= 15 is 0 Å². The Morgan fingerprint density at radius 2 is 1.87 bits per heavy atom. The van der Waals surface area contributed by atoms with E-state index in [9.17, 15) is 4.79 Å². The molecule has 0 saturated heterocycles. The highest BCUT2D eigenvalue weighted by Gasteiger charge is 2.25. The van der Waals surface area contributed by atoms with Gasteiger partial charge in [0.05, 0.1) is 0 Å². The van der Waals surface area contributed by atoms with Crippen molar-refractivity contribution in [3.05, 3.63) is 64.1 Å². The fraction of sp³-hybridized carbons (Fsp3) is 0.417. The lowest BCUT2D eigenvalue weighted by Gasteiger charge is -2.36. The number of halogens is 1. The summed E-state index contributed by atoms with van der Waals surface area (Å²) in [6, 6.07) is 16.9. The van der Waals surface area contributed by atoms with Gasteiger partial charge in [-0.3, -0.25) is 9.69 Å². The van der Waals surface area contributed by atoms with Crippen LogP contribution in [0.25, 0.3) is 0 Å². The Morgan fingerprint density at radius 3 is 2.65 bits per heavy atom. The number of benzene rings is 2. The number of anilines is 1. The third-order valence-electron chi connectivity index (χ3n) is 5.62. The molecule has 5 nitrogen and oxygen atoms in total. The Hall–Kier alpha value is -1.96. The van der Waals surface area contributed by atoms with Gasteiger partial charge >= 0.3 is 5.97 Å². The predicted octanol–water partition coefficient (Wildman–Crippen LogP) is 5.37. The molecule has 0 unspecified atom stereocenters. The zero-order valence-corrected chi connectivity index (χ0v) is 20.1. The van der Waals surface area contributed by atoms with Crippen molar-refractivity contribution in [3.63, 3.8) is 0 Å². The maximum atomic E-state index is 11.0. The van der Waals surface area contributed by atoms with E-state index < -0.39 is 5.97 Å². The van der Waals surface area contributed by atoms with Crippen molar-refractivity contribution in [2.45, 2.75) is 44.6 Å². The van der Waals surface area contributed by atoms with Crippen molar-refractivity contribution in [2.75, 3.05) is 25.0 Å². The van der Waals surface area contributed by atoms with E-state index in [0.29, 0.717) is 17.6 Å². The Kier molecular flexibility index (Phi) is 9.31. The van der Waals surface area contributed by atoms with Crippen LogP contribution in [-0.2, 0) is 11.2 Å². The third-order valence-corrected chi connectivity index (χ3v) is 6.40. The van der Waals surface area contributed by atoms with Crippen LogP contribution in [0.15, 0.2) is 53.0 Å². The largest absolute Gasteiger partial charge is 0.481 e. The summed E-state index contributed by atoms with van der Waals surface area (Å²) < 4.78 is 1.03. The number of carboxylic acids is 1. The molecule has 166 valence electrons. The maximum absolute atomic E-state index is 11.0. The zero-order chi connectivity index (χ0) is 22.1. The molecular formula is C24H30BrN3O2S. The van der Waals surface area contributed by atoms with Gasteiger partial charge in [0, 0.05) is 35.7 Å². The monoisotopic (exact) mass is 503 g/mol. The zero-order valence-electron chi connectivity index (χ0n) is 17.6. The molecule has 7 heteroatoms. The van der Waals surface area contributed by atoms with Gasteiger partial charge in [-0.1, -0.05) is 40.2 Å². The summed E-state index contributed by atoms with van der Waals surface area (Å²) in [6.45, 7) is 2.48. The fourth-order valence-corrected chi connectivity index (χ4v) is 4.64. The topological polar surface area (TPSA) is 64.6 Å². The van der Waals surface area contributed by atoms with Gasteiger partial charge in [-0.2, -0.15) is 0 Å². The fourth-order valence-electron chi connectivity index (χ4n) is 4.16. The van der Waals surface area contributed by atoms with Gasteiger partial charge in [0.25, 0.3) is 0 Å². The molecule has 0 spiro atoms. The maximum Gasteiger partial charge on any atom is 0.303 e. The number of nitrogens with one attached hydrogen (secondary N) is 2. The van der Waals surface area contributed by atoms with Gasteiger partial charge in [0.2, 0.25) is 0 Å².